The van der Waals surface area contributed by atoms with E-state index in [1.807, 2.05) is 19.1 Å². The van der Waals surface area contributed by atoms with E-state index in [-0.39, 0.29) is 11.9 Å². The van der Waals surface area contributed by atoms with Crippen molar-refractivity contribution in [3.05, 3.63) is 41.5 Å². The van der Waals surface area contributed by atoms with Gasteiger partial charge >= 0.3 is 5.97 Å². The Hall–Kier alpha value is -1.57. The number of hydrogen-bond acceptors (Lipinski definition) is 2. The highest BCUT2D eigenvalue weighted by Crippen LogP contribution is 2.58. The number of benzene rings is 1. The monoisotopic (exact) mass is 214 g/mol. The van der Waals surface area contributed by atoms with Gasteiger partial charge in [0.1, 0.15) is 0 Å². The van der Waals surface area contributed by atoms with Crippen LogP contribution in [0.1, 0.15) is 24.0 Å². The Balaban J connectivity index is 1.89. The van der Waals surface area contributed by atoms with Gasteiger partial charge in [-0.2, -0.15) is 0 Å². The fraction of sp³-hybridized carbons (Fsp3) is 0.357. The molecule has 0 radical (unpaired) electrons. The molecular weight excluding hydrogens is 200 g/mol. The molecule has 1 saturated carbocycles. The highest BCUT2D eigenvalue weighted by molar-refractivity contribution is 5.81. The molecule has 0 aromatic heterocycles. The van der Waals surface area contributed by atoms with E-state index in [2.05, 4.69) is 24.3 Å². The molecule has 0 spiro atoms. The molecule has 82 valence electrons. The smallest absolute Gasteiger partial charge is 0.310 e. The molecule has 0 amide bonds. The topological polar surface area (TPSA) is 26.3 Å². The van der Waals surface area contributed by atoms with Crippen molar-refractivity contribution < 1.29 is 9.53 Å². The first kappa shape index (κ1) is 9.64. The summed E-state index contributed by atoms with van der Waals surface area (Å²) in [6.45, 7) is 2.33. The molecule has 3 atom stereocenters. The first-order valence-corrected chi connectivity index (χ1v) is 5.76. The van der Waals surface area contributed by atoms with Crippen molar-refractivity contribution in [2.24, 2.45) is 11.8 Å². The molecule has 1 aromatic rings. The van der Waals surface area contributed by atoms with Gasteiger partial charge in [-0.15, -0.1) is 0 Å². The van der Waals surface area contributed by atoms with Crippen LogP contribution in [-0.2, 0) is 9.53 Å². The molecule has 2 aliphatic rings. The van der Waals surface area contributed by atoms with Crippen LogP contribution in [0.25, 0.3) is 6.08 Å². The quantitative estimate of drug-likeness (QED) is 0.707. The minimum Gasteiger partial charge on any atom is -0.466 e. The minimum absolute atomic E-state index is 0.0427. The second-order valence-electron chi connectivity index (χ2n) is 4.37. The number of hydrogen-bond donors (Lipinski definition) is 0. The minimum atomic E-state index is -0.0427. The largest absolute Gasteiger partial charge is 0.466 e. The molecule has 2 nitrogen and oxygen atoms in total. The van der Waals surface area contributed by atoms with Crippen LogP contribution in [0.3, 0.4) is 0 Å². The van der Waals surface area contributed by atoms with E-state index in [9.17, 15) is 4.79 Å². The molecule has 0 heterocycles. The van der Waals surface area contributed by atoms with Crippen molar-refractivity contribution in [2.45, 2.75) is 12.8 Å². The van der Waals surface area contributed by atoms with Gasteiger partial charge in [0, 0.05) is 5.92 Å². The number of rotatable bonds is 2. The molecule has 0 unspecified atom stereocenters. The van der Waals surface area contributed by atoms with Crippen LogP contribution in [-0.4, -0.2) is 12.6 Å². The first-order chi connectivity index (χ1) is 7.83. The second-order valence-corrected chi connectivity index (χ2v) is 4.37. The summed E-state index contributed by atoms with van der Waals surface area (Å²) in [6, 6.07) is 8.29. The van der Waals surface area contributed by atoms with Gasteiger partial charge < -0.3 is 4.74 Å². The third-order valence-corrected chi connectivity index (χ3v) is 3.49. The number of ether oxygens (including phenoxy) is 1. The number of carbonyl (C=O) groups excluding carboxylic acids is 1. The normalized spacial score (nSPS) is 29.2. The van der Waals surface area contributed by atoms with Crippen LogP contribution in [0.5, 0.6) is 0 Å². The van der Waals surface area contributed by atoms with Crippen LogP contribution in [0.15, 0.2) is 30.3 Å². The highest BCUT2D eigenvalue weighted by Gasteiger charge is 2.56. The molecule has 0 aliphatic heterocycles. The average Bonchev–Trinajstić information content (AvgIpc) is 3.04. The van der Waals surface area contributed by atoms with Crippen molar-refractivity contribution in [2.75, 3.05) is 6.61 Å². The Morgan fingerprint density at radius 3 is 3.00 bits per heavy atom. The zero-order valence-electron chi connectivity index (χ0n) is 9.22. The summed E-state index contributed by atoms with van der Waals surface area (Å²) in [5, 5.41) is 0. The molecule has 16 heavy (non-hydrogen) atoms. The maximum absolute atomic E-state index is 11.7. The van der Waals surface area contributed by atoms with Crippen LogP contribution in [0, 0.1) is 11.8 Å². The lowest BCUT2D eigenvalue weighted by atomic mass is 9.97. The van der Waals surface area contributed by atoms with E-state index < -0.39 is 0 Å². The van der Waals surface area contributed by atoms with E-state index in [1.54, 1.807) is 0 Å². The Morgan fingerprint density at radius 2 is 2.19 bits per heavy atom. The van der Waals surface area contributed by atoms with Crippen LogP contribution in [0.4, 0.5) is 0 Å². The van der Waals surface area contributed by atoms with E-state index in [0.29, 0.717) is 18.4 Å². The average molecular weight is 214 g/mol. The van der Waals surface area contributed by atoms with E-state index in [0.717, 1.165) is 0 Å². The van der Waals surface area contributed by atoms with Crippen molar-refractivity contribution >= 4 is 12.0 Å². The van der Waals surface area contributed by atoms with Crippen LogP contribution < -0.4 is 0 Å². The highest BCUT2D eigenvalue weighted by atomic mass is 16.5. The lowest BCUT2D eigenvalue weighted by Gasteiger charge is -2.07. The molecule has 2 heteroatoms. The fourth-order valence-corrected chi connectivity index (χ4v) is 2.70. The van der Waals surface area contributed by atoms with Gasteiger partial charge in [0.15, 0.2) is 0 Å². The summed E-state index contributed by atoms with van der Waals surface area (Å²) in [7, 11) is 0. The summed E-state index contributed by atoms with van der Waals surface area (Å²) in [6.07, 6.45) is 4.27. The molecule has 0 saturated heterocycles. The van der Waals surface area contributed by atoms with Gasteiger partial charge in [0.2, 0.25) is 0 Å². The van der Waals surface area contributed by atoms with Crippen molar-refractivity contribution in [3.8, 4) is 0 Å². The van der Waals surface area contributed by atoms with Crippen molar-refractivity contribution in [1.82, 2.24) is 0 Å². The van der Waals surface area contributed by atoms with Gasteiger partial charge in [-0.1, -0.05) is 36.4 Å². The van der Waals surface area contributed by atoms with Crippen molar-refractivity contribution in [3.63, 3.8) is 0 Å². The Labute approximate surface area is 94.9 Å². The number of carbonyl (C=O) groups is 1. The molecule has 2 aliphatic carbocycles. The summed E-state index contributed by atoms with van der Waals surface area (Å²) in [5.41, 5.74) is 2.55. The molecule has 1 aromatic carbocycles. The Bertz CT molecular complexity index is 462. The van der Waals surface area contributed by atoms with E-state index >= 15 is 0 Å². The maximum atomic E-state index is 11.7. The van der Waals surface area contributed by atoms with E-state index in [4.69, 9.17) is 4.74 Å². The molecule has 0 N–H and O–H groups in total. The van der Waals surface area contributed by atoms with Gasteiger partial charge in [0.05, 0.1) is 12.5 Å². The third-order valence-electron chi connectivity index (χ3n) is 3.49. The van der Waals surface area contributed by atoms with Gasteiger partial charge in [-0.05, 0) is 24.0 Å². The number of esters is 1. The van der Waals surface area contributed by atoms with Crippen LogP contribution in [0.2, 0.25) is 0 Å². The summed E-state index contributed by atoms with van der Waals surface area (Å²) in [5.74, 6) is 0.743. The van der Waals surface area contributed by atoms with Crippen molar-refractivity contribution in [1.29, 1.82) is 0 Å². The van der Waals surface area contributed by atoms with Gasteiger partial charge in [-0.3, -0.25) is 4.79 Å². The molecule has 0 bridgehead atoms. The standard InChI is InChI=1S/C14H14O2/c1-2-16-14(15)13-11-8-7-9-5-3-4-6-10(9)12(11)13/h3-8,11-13H,2H2,1H3/t11-,12+,13+/m1/s1. The summed E-state index contributed by atoms with van der Waals surface area (Å²) < 4.78 is 5.10. The molecule has 3 rings (SSSR count). The third kappa shape index (κ3) is 1.29. The second kappa shape index (κ2) is 3.48. The van der Waals surface area contributed by atoms with Crippen LogP contribution >= 0.6 is 0 Å². The lowest BCUT2D eigenvalue weighted by molar-refractivity contribution is -0.145. The number of fused-ring (bicyclic) bond motifs is 3. The predicted octanol–water partition coefficient (Wildman–Crippen LogP) is 2.61. The lowest BCUT2D eigenvalue weighted by Crippen LogP contribution is -2.07. The Morgan fingerprint density at radius 1 is 1.38 bits per heavy atom. The summed E-state index contributed by atoms with van der Waals surface area (Å²) >= 11 is 0. The van der Waals surface area contributed by atoms with Gasteiger partial charge in [-0.25, -0.2) is 0 Å². The first-order valence-electron chi connectivity index (χ1n) is 5.76. The molecular formula is C14H14O2. The summed E-state index contributed by atoms with van der Waals surface area (Å²) in [4.78, 5) is 11.7. The zero-order valence-corrected chi connectivity index (χ0v) is 9.22. The predicted molar refractivity (Wildman–Crippen MR) is 61.8 cm³/mol. The van der Waals surface area contributed by atoms with E-state index in [1.165, 1.54) is 11.1 Å². The Kier molecular flexibility index (Phi) is 2.10. The van der Waals surface area contributed by atoms with Gasteiger partial charge in [0.25, 0.3) is 0 Å². The molecule has 1 fully saturated rings. The maximum Gasteiger partial charge on any atom is 0.310 e. The fourth-order valence-electron chi connectivity index (χ4n) is 2.70. The zero-order chi connectivity index (χ0) is 11.1. The number of allylic oxidation sites excluding steroid dienone is 1. The SMILES string of the molecule is CCOC(=O)[C@H]1[C@@H]2C=Cc3ccccc3[C@@H]21.